The summed E-state index contributed by atoms with van der Waals surface area (Å²) in [6, 6.07) is 0. The van der Waals surface area contributed by atoms with Crippen molar-refractivity contribution in [3.05, 3.63) is 0 Å². The molecule has 0 aromatic heterocycles. The van der Waals surface area contributed by atoms with E-state index < -0.39 is 89.1 Å². The minimum absolute atomic E-state index is 0.463. The highest BCUT2D eigenvalue weighted by Crippen LogP contribution is 2.03. The highest BCUT2D eigenvalue weighted by atomic mass is 28.5. The zero-order valence-electron chi connectivity index (χ0n) is 11.6. The molecule has 1 saturated heterocycles. The smallest absolute Gasteiger partial charge is 0.302 e. The van der Waals surface area contributed by atoms with Gasteiger partial charge in [0, 0.05) is 0 Å². The van der Waals surface area contributed by atoms with Gasteiger partial charge in [0.25, 0.3) is 70.0 Å². The summed E-state index contributed by atoms with van der Waals surface area (Å²) < 4.78 is 48.2. The lowest BCUT2D eigenvalue weighted by Gasteiger charge is -2.25. The molecule has 0 amide bonds. The van der Waals surface area contributed by atoms with Gasteiger partial charge in [0.05, 0.1) is 0 Å². The van der Waals surface area contributed by atoms with Crippen LogP contribution in [0.25, 0.3) is 0 Å². The molecule has 1 heterocycles. The topological polar surface area (TPSA) is 83.1 Å². The summed E-state index contributed by atoms with van der Waals surface area (Å²) in [6.07, 6.45) is 0. The van der Waals surface area contributed by atoms with E-state index >= 15 is 0 Å². The Morgan fingerprint density at radius 3 is 1.75 bits per heavy atom. The standard InChI is InChI=1S/CH22O9Si10/c11-2-13-4-15-6-17-8-18-7-16-5-14-3-12-1-20-9-19-10-20/h20H,1,12-19H2,11H3. The summed E-state index contributed by atoms with van der Waals surface area (Å²) in [5.74, 6) is 0. The quantitative estimate of drug-likeness (QED) is 0.175. The maximum atomic E-state index is 5.57. The lowest BCUT2D eigenvalue weighted by molar-refractivity contribution is 0.315. The van der Waals surface area contributed by atoms with E-state index in [1.807, 2.05) is 0 Å². The zero-order chi connectivity index (χ0) is 14.3. The van der Waals surface area contributed by atoms with Crippen molar-refractivity contribution in [3.63, 3.8) is 0 Å². The van der Waals surface area contributed by atoms with Gasteiger partial charge in [-0.25, -0.2) is 0 Å². The van der Waals surface area contributed by atoms with Crippen molar-refractivity contribution < 1.29 is 37.0 Å². The van der Waals surface area contributed by atoms with Crippen molar-refractivity contribution in [3.8, 4) is 0 Å². The summed E-state index contributed by atoms with van der Waals surface area (Å²) in [5.41, 5.74) is 1.08. The van der Waals surface area contributed by atoms with Gasteiger partial charge in [0.2, 0.25) is 0 Å². The molecule has 0 saturated carbocycles. The first-order valence-corrected chi connectivity index (χ1v) is 18.4. The molecule has 1 rings (SSSR count). The van der Waals surface area contributed by atoms with Crippen LogP contribution in [0, 0.1) is 0 Å². The predicted molar refractivity (Wildman–Crippen MR) is 100 cm³/mol. The molecule has 0 bridgehead atoms. The number of hydrogen-bond donors (Lipinski definition) is 0. The molecule has 0 radical (unpaired) electrons. The molecule has 20 heavy (non-hydrogen) atoms. The van der Waals surface area contributed by atoms with Crippen LogP contribution in [0.1, 0.15) is 0 Å². The van der Waals surface area contributed by atoms with Crippen LogP contribution >= 0.6 is 0 Å². The van der Waals surface area contributed by atoms with Gasteiger partial charge < -0.3 is 37.0 Å². The highest BCUT2D eigenvalue weighted by molar-refractivity contribution is 6.71. The van der Waals surface area contributed by atoms with Crippen LogP contribution in [0.3, 0.4) is 0 Å². The van der Waals surface area contributed by atoms with Crippen molar-refractivity contribution in [1.29, 1.82) is 0 Å². The fraction of sp³-hybridized carbons (Fsp3) is 1.00. The van der Waals surface area contributed by atoms with Crippen LogP contribution in [0.5, 0.6) is 0 Å². The monoisotopic (exact) mass is 458 g/mol. The van der Waals surface area contributed by atoms with Gasteiger partial charge in [0.1, 0.15) is 20.2 Å². The average molecular weight is 459 g/mol. The lowest BCUT2D eigenvalue weighted by atomic mass is 11.9. The van der Waals surface area contributed by atoms with Gasteiger partial charge in [-0.3, -0.25) is 0 Å². The first-order chi connectivity index (χ1) is 9.93. The Hall–Kier alpha value is 1.81. The van der Waals surface area contributed by atoms with Crippen LogP contribution in [0.2, 0.25) is 5.67 Å². The zero-order valence-corrected chi connectivity index (χ0v) is 26.1. The van der Waals surface area contributed by atoms with Gasteiger partial charge in [-0.1, -0.05) is 0 Å². The second-order valence-corrected chi connectivity index (χ2v) is 23.6. The Morgan fingerprint density at radius 1 is 0.800 bits per heavy atom. The minimum Gasteiger partial charge on any atom is -0.449 e. The van der Waals surface area contributed by atoms with Crippen LogP contribution in [0.15, 0.2) is 0 Å². The SMILES string of the molecule is [SiH3]O[SiH2]O[SiH2]O[SiH2]O[SiH2]O[SiH2]O[SiH2]O[SiH2]C[SiH]1O[SiH2]O1. The Labute approximate surface area is 142 Å². The van der Waals surface area contributed by atoms with Crippen molar-refractivity contribution in [2.45, 2.75) is 5.67 Å². The van der Waals surface area contributed by atoms with E-state index in [-0.39, 0.29) is 0 Å². The first kappa shape index (κ1) is 19.9. The van der Waals surface area contributed by atoms with E-state index in [1.165, 1.54) is 0 Å². The second-order valence-electron chi connectivity index (χ2n) is 3.59. The van der Waals surface area contributed by atoms with Crippen molar-refractivity contribution in [2.24, 2.45) is 0 Å². The molecular weight excluding hydrogens is 437 g/mol. The fourth-order valence-electron chi connectivity index (χ4n) is 1.12. The molecule has 1 fully saturated rings. The summed E-state index contributed by atoms with van der Waals surface area (Å²) in [7, 11) is -6.47. The molecule has 1 aliphatic heterocycles. The molecule has 9 nitrogen and oxygen atoms in total. The largest absolute Gasteiger partial charge is 0.449 e. The van der Waals surface area contributed by atoms with Crippen molar-refractivity contribution >= 4 is 99.6 Å². The van der Waals surface area contributed by atoms with E-state index in [0.717, 1.165) is 16.2 Å². The van der Waals surface area contributed by atoms with Gasteiger partial charge in [-0.2, -0.15) is 0 Å². The van der Waals surface area contributed by atoms with Crippen molar-refractivity contribution in [2.75, 3.05) is 0 Å². The van der Waals surface area contributed by atoms with E-state index in [9.17, 15) is 0 Å². The summed E-state index contributed by atoms with van der Waals surface area (Å²) in [4.78, 5) is 0. The van der Waals surface area contributed by atoms with Crippen LogP contribution in [-0.2, 0) is 37.0 Å². The molecule has 0 atom stereocenters. The summed E-state index contributed by atoms with van der Waals surface area (Å²) in [5, 5.41) is 0. The number of rotatable bonds is 15. The van der Waals surface area contributed by atoms with E-state index in [2.05, 4.69) is 0 Å². The van der Waals surface area contributed by atoms with Crippen LogP contribution < -0.4 is 0 Å². The molecule has 120 valence electrons. The molecule has 0 aliphatic carbocycles. The normalized spacial score (nSPS) is 23.7. The third-order valence-corrected chi connectivity index (χ3v) is 18.4. The molecular formula is CH22O9Si10. The molecule has 0 N–H and O–H groups in total. The predicted octanol–water partition coefficient (Wildman–Crippen LogP) is -9.32. The molecule has 0 unspecified atom stereocenters. The van der Waals surface area contributed by atoms with Crippen LogP contribution in [-0.4, -0.2) is 99.6 Å². The van der Waals surface area contributed by atoms with Gasteiger partial charge in [0.15, 0.2) is 0 Å². The van der Waals surface area contributed by atoms with Crippen molar-refractivity contribution in [1.82, 2.24) is 0 Å². The lowest BCUT2D eigenvalue weighted by Crippen LogP contribution is -2.40. The van der Waals surface area contributed by atoms with E-state index in [0.29, 0.717) is 0 Å². The Kier molecular flexibility index (Phi) is 15.6. The van der Waals surface area contributed by atoms with E-state index in [1.54, 1.807) is 0 Å². The van der Waals surface area contributed by atoms with Gasteiger partial charge in [-0.15, -0.1) is 0 Å². The first-order valence-electron chi connectivity index (χ1n) is 6.12. The Morgan fingerprint density at radius 2 is 1.30 bits per heavy atom. The van der Waals surface area contributed by atoms with Gasteiger partial charge in [-0.05, 0) is 5.67 Å². The maximum Gasteiger partial charge on any atom is 0.302 e. The Balaban J connectivity index is 1.62. The summed E-state index contributed by atoms with van der Waals surface area (Å²) in [6.45, 7) is 0. The van der Waals surface area contributed by atoms with E-state index in [4.69, 9.17) is 37.0 Å². The molecule has 0 aromatic rings. The Bertz CT molecular complexity index is 205. The molecule has 1 aliphatic rings. The highest BCUT2D eigenvalue weighted by Gasteiger charge is 2.21. The third-order valence-electron chi connectivity index (χ3n) is 2.04. The second kappa shape index (κ2) is 15.7. The molecule has 0 aromatic carbocycles. The molecule has 19 heteroatoms. The van der Waals surface area contributed by atoms with Gasteiger partial charge >= 0.3 is 9.28 Å². The average Bonchev–Trinajstić information content (AvgIpc) is 2.41. The maximum absolute atomic E-state index is 5.57. The minimum atomic E-state index is -1.18. The molecule has 0 spiro atoms. The van der Waals surface area contributed by atoms with Crippen LogP contribution in [0.4, 0.5) is 0 Å². The summed E-state index contributed by atoms with van der Waals surface area (Å²) >= 11 is 0. The fourth-order valence-corrected chi connectivity index (χ4v) is 21.4. The number of hydrogen-bond acceptors (Lipinski definition) is 9. The third kappa shape index (κ3) is 12.4.